The summed E-state index contributed by atoms with van der Waals surface area (Å²) in [6.07, 6.45) is -1.04. The third-order valence-electron chi connectivity index (χ3n) is 2.36. The van der Waals surface area contributed by atoms with E-state index in [4.69, 9.17) is 15.0 Å². The van der Waals surface area contributed by atoms with Crippen molar-refractivity contribution in [3.8, 4) is 0 Å². The van der Waals surface area contributed by atoms with Gasteiger partial charge in [-0.05, 0) is 23.8 Å². The molecule has 1 aromatic rings. The van der Waals surface area contributed by atoms with Crippen LogP contribution in [0.1, 0.15) is 22.0 Å². The van der Waals surface area contributed by atoms with Gasteiger partial charge < -0.3 is 9.84 Å². The van der Waals surface area contributed by atoms with E-state index >= 15 is 0 Å². The van der Waals surface area contributed by atoms with Crippen molar-refractivity contribution in [2.45, 2.75) is 11.0 Å². The smallest absolute Gasteiger partial charge is 0.336 e. The van der Waals surface area contributed by atoms with E-state index in [0.29, 0.717) is 0 Å². The van der Waals surface area contributed by atoms with E-state index in [0.717, 1.165) is 18.2 Å². The zero-order valence-electron chi connectivity index (χ0n) is 9.49. The zero-order chi connectivity index (χ0) is 13.9. The first-order chi connectivity index (χ1) is 8.31. The van der Waals surface area contributed by atoms with Crippen LogP contribution in [-0.2, 0) is 19.9 Å². The molecule has 0 aliphatic carbocycles. The van der Waals surface area contributed by atoms with Crippen LogP contribution < -0.4 is 5.14 Å². The van der Waals surface area contributed by atoms with Crippen LogP contribution in [0.4, 0.5) is 0 Å². The van der Waals surface area contributed by atoms with Crippen molar-refractivity contribution >= 4 is 16.0 Å². The molecule has 18 heavy (non-hydrogen) atoms. The van der Waals surface area contributed by atoms with Gasteiger partial charge in [0.2, 0.25) is 10.0 Å². The van der Waals surface area contributed by atoms with E-state index in [-0.39, 0.29) is 16.0 Å². The molecular weight excluding hydrogens is 262 g/mol. The van der Waals surface area contributed by atoms with Crippen molar-refractivity contribution in [1.29, 1.82) is 0 Å². The largest absolute Gasteiger partial charge is 0.478 e. The molecule has 1 atom stereocenters. The second kappa shape index (κ2) is 5.44. The van der Waals surface area contributed by atoms with Gasteiger partial charge in [-0.25, -0.2) is 23.5 Å². The van der Waals surface area contributed by atoms with Crippen molar-refractivity contribution in [3.05, 3.63) is 29.3 Å². The van der Waals surface area contributed by atoms with Gasteiger partial charge >= 0.3 is 5.97 Å². The maximum Gasteiger partial charge on any atom is 0.336 e. The summed E-state index contributed by atoms with van der Waals surface area (Å²) in [5.74, 6) is -1.28. The van der Waals surface area contributed by atoms with E-state index in [1.807, 2.05) is 0 Å². The van der Waals surface area contributed by atoms with Crippen molar-refractivity contribution < 1.29 is 28.2 Å². The molecule has 1 rings (SSSR count). The number of ether oxygens (including phenoxy) is 1. The van der Waals surface area contributed by atoms with Gasteiger partial charge in [0.1, 0.15) is 12.7 Å². The molecule has 1 unspecified atom stereocenters. The zero-order valence-corrected chi connectivity index (χ0v) is 10.3. The van der Waals surface area contributed by atoms with Gasteiger partial charge in [-0.2, -0.15) is 0 Å². The Morgan fingerprint density at radius 3 is 2.50 bits per heavy atom. The van der Waals surface area contributed by atoms with Crippen LogP contribution in [-0.4, -0.2) is 33.2 Å². The first kappa shape index (κ1) is 14.6. The number of primary sulfonamides is 1. The first-order valence-corrected chi connectivity index (χ1v) is 6.36. The van der Waals surface area contributed by atoms with Crippen LogP contribution in [0.5, 0.6) is 0 Å². The van der Waals surface area contributed by atoms with Crippen LogP contribution in [0.3, 0.4) is 0 Å². The maximum absolute atomic E-state index is 11.2. The predicted octanol–water partition coefficient (Wildman–Crippen LogP) is 0.150. The molecule has 1 aromatic carbocycles. The highest BCUT2D eigenvalue weighted by molar-refractivity contribution is 7.89. The molecule has 0 bridgehead atoms. The molecule has 99 valence electrons. The third kappa shape index (κ3) is 3.05. The molecule has 7 nitrogen and oxygen atoms in total. The van der Waals surface area contributed by atoms with Crippen LogP contribution >= 0.6 is 0 Å². The van der Waals surface area contributed by atoms with Crippen molar-refractivity contribution in [3.63, 3.8) is 0 Å². The Hall–Kier alpha value is -1.48. The highest BCUT2D eigenvalue weighted by Gasteiger charge is 2.21. The minimum Gasteiger partial charge on any atom is -0.478 e. The predicted molar refractivity (Wildman–Crippen MR) is 60.1 cm³/mol. The number of carboxylic acid groups (broad SMARTS) is 1. The molecule has 0 amide bonds. The van der Waals surface area contributed by atoms with Crippen molar-refractivity contribution in [1.82, 2.24) is 0 Å². The number of benzene rings is 1. The second-order valence-electron chi connectivity index (χ2n) is 3.49. The highest BCUT2D eigenvalue weighted by Crippen LogP contribution is 2.24. The molecule has 0 aliphatic rings. The Kier molecular flexibility index (Phi) is 4.41. The van der Waals surface area contributed by atoms with Gasteiger partial charge in [-0.1, -0.05) is 0 Å². The lowest BCUT2D eigenvalue weighted by molar-refractivity contribution is 0.0183. The minimum absolute atomic E-state index is 0.00785. The molecule has 1 radical (unpaired) electrons. The molecule has 0 aromatic heterocycles. The molecule has 0 heterocycles. The fraction of sp³-hybridized carbons (Fsp3) is 0.300. The summed E-state index contributed by atoms with van der Waals surface area (Å²) < 4.78 is 27.2. The Morgan fingerprint density at radius 1 is 1.50 bits per heavy atom. The molecule has 0 saturated heterocycles. The summed E-state index contributed by atoms with van der Waals surface area (Å²) in [4.78, 5) is 10.7. The molecule has 8 heteroatoms. The number of sulfonamides is 1. The quantitative estimate of drug-likeness (QED) is 0.790. The molecular formula is C10H12NO6S. The second-order valence-corrected chi connectivity index (χ2v) is 5.05. The number of hydrogen-bond acceptors (Lipinski definition) is 4. The summed E-state index contributed by atoms with van der Waals surface area (Å²) in [5.41, 5.74) is -0.198. The number of carbonyl (C=O) groups is 1. The van der Waals surface area contributed by atoms with Gasteiger partial charge in [0, 0.05) is 7.11 Å². The van der Waals surface area contributed by atoms with Gasteiger partial charge in [0.25, 0.3) is 0 Å². The fourth-order valence-electron chi connectivity index (χ4n) is 1.46. The van der Waals surface area contributed by atoms with Crippen molar-refractivity contribution in [2.24, 2.45) is 5.14 Å². The normalized spacial score (nSPS) is 13.3. The topological polar surface area (TPSA) is 127 Å². The van der Waals surface area contributed by atoms with E-state index in [1.165, 1.54) is 7.11 Å². The van der Waals surface area contributed by atoms with E-state index < -0.39 is 28.7 Å². The van der Waals surface area contributed by atoms with Gasteiger partial charge in [0.15, 0.2) is 0 Å². The van der Waals surface area contributed by atoms with E-state index in [9.17, 15) is 18.3 Å². The SMILES string of the molecule is COC(C[O])c1cc(S(N)(=O)=O)ccc1C(=O)O. The summed E-state index contributed by atoms with van der Waals surface area (Å²) in [6.45, 7) is -0.731. The van der Waals surface area contributed by atoms with E-state index in [2.05, 4.69) is 0 Å². The number of rotatable bonds is 5. The first-order valence-electron chi connectivity index (χ1n) is 4.82. The van der Waals surface area contributed by atoms with Gasteiger partial charge in [-0.15, -0.1) is 0 Å². The van der Waals surface area contributed by atoms with Crippen LogP contribution in [0.2, 0.25) is 0 Å². The maximum atomic E-state index is 11.2. The Balaban J connectivity index is 3.46. The third-order valence-corrected chi connectivity index (χ3v) is 3.28. The van der Waals surface area contributed by atoms with E-state index in [1.54, 1.807) is 0 Å². The summed E-state index contributed by atoms with van der Waals surface area (Å²) in [7, 11) is -2.73. The molecule has 0 aliphatic heterocycles. The summed E-state index contributed by atoms with van der Waals surface area (Å²) in [5, 5.41) is 24.8. The number of hydrogen-bond donors (Lipinski definition) is 2. The lowest BCUT2D eigenvalue weighted by Crippen LogP contribution is -2.16. The minimum atomic E-state index is -3.97. The average molecular weight is 274 g/mol. The number of methoxy groups -OCH3 is 1. The molecule has 0 fully saturated rings. The Bertz CT molecular complexity index is 549. The van der Waals surface area contributed by atoms with Crippen LogP contribution in [0, 0.1) is 0 Å². The van der Waals surface area contributed by atoms with Gasteiger partial charge in [-0.3, -0.25) is 0 Å². The Labute approximate surface area is 104 Å². The monoisotopic (exact) mass is 274 g/mol. The number of nitrogens with two attached hydrogens (primary N) is 1. The lowest BCUT2D eigenvalue weighted by Gasteiger charge is -2.15. The van der Waals surface area contributed by atoms with Crippen LogP contribution in [0.15, 0.2) is 23.1 Å². The van der Waals surface area contributed by atoms with Gasteiger partial charge in [0.05, 0.1) is 10.5 Å². The average Bonchev–Trinajstić information content (AvgIpc) is 2.29. The lowest BCUT2D eigenvalue weighted by atomic mass is 10.0. The molecule has 3 N–H and O–H groups in total. The standard InChI is InChI=1S/C10H12NO6S/c1-17-9(5-12)8-4-6(18(11,15)16)2-3-7(8)10(13)14/h2-4,9H,5H2,1H3,(H,13,14)(H2,11,15,16). The van der Waals surface area contributed by atoms with Crippen LogP contribution in [0.25, 0.3) is 0 Å². The number of aromatic carboxylic acids is 1. The highest BCUT2D eigenvalue weighted by atomic mass is 32.2. The molecule has 0 saturated carbocycles. The Morgan fingerprint density at radius 2 is 2.11 bits per heavy atom. The number of carboxylic acids is 1. The molecule has 0 spiro atoms. The summed E-state index contributed by atoms with van der Waals surface area (Å²) >= 11 is 0. The van der Waals surface area contributed by atoms with Crippen molar-refractivity contribution in [2.75, 3.05) is 13.7 Å². The summed E-state index contributed by atoms with van der Waals surface area (Å²) in [6, 6.07) is 3.20. The fourth-order valence-corrected chi connectivity index (χ4v) is 2.01.